The van der Waals surface area contributed by atoms with Gasteiger partial charge in [-0.1, -0.05) is 6.07 Å². The van der Waals surface area contributed by atoms with Gasteiger partial charge in [-0.25, -0.2) is 0 Å². The van der Waals surface area contributed by atoms with E-state index < -0.39 is 0 Å². The van der Waals surface area contributed by atoms with Gasteiger partial charge in [-0.15, -0.1) is 0 Å². The van der Waals surface area contributed by atoms with E-state index in [0.29, 0.717) is 12.2 Å². The van der Waals surface area contributed by atoms with Crippen LogP contribution in [-0.2, 0) is 4.79 Å². The van der Waals surface area contributed by atoms with Crippen molar-refractivity contribution in [3.8, 4) is 28.7 Å². The van der Waals surface area contributed by atoms with Gasteiger partial charge in [0.25, 0.3) is 6.47 Å². The fraction of sp³-hybridized carbons (Fsp3) is 0. The number of phenolic OH excluding ortho intramolecular Hbond substituents is 4. The molecule has 2 aromatic rings. The maximum absolute atomic E-state index is 9.78. The molecular formula is C13H12O6. The second-order valence-electron chi connectivity index (χ2n) is 3.42. The number of carbonyl (C=O) groups excluding carboxylic acids is 1. The Balaban J connectivity index is 0.000000191. The van der Waals surface area contributed by atoms with E-state index in [1.54, 1.807) is 12.1 Å². The predicted octanol–water partition coefficient (Wildman–Crippen LogP) is 1.73. The van der Waals surface area contributed by atoms with Crippen LogP contribution in [0, 0.1) is 0 Å². The summed E-state index contributed by atoms with van der Waals surface area (Å²) in [5, 5.41) is 34.9. The van der Waals surface area contributed by atoms with Crippen LogP contribution in [-0.4, -0.2) is 26.9 Å². The zero-order chi connectivity index (χ0) is 14.3. The van der Waals surface area contributed by atoms with Crippen molar-refractivity contribution in [3.63, 3.8) is 0 Å². The molecule has 0 aromatic heterocycles. The quantitative estimate of drug-likeness (QED) is 0.615. The summed E-state index contributed by atoms with van der Waals surface area (Å²) in [5.41, 5.74) is 0. The topological polar surface area (TPSA) is 107 Å². The summed E-state index contributed by atoms with van der Waals surface area (Å²) >= 11 is 0. The number of benzene rings is 2. The van der Waals surface area contributed by atoms with Crippen LogP contribution in [0.3, 0.4) is 0 Å². The molecule has 0 saturated carbocycles. The second kappa shape index (κ2) is 6.75. The Labute approximate surface area is 108 Å². The number of hydrogen-bond donors (Lipinski definition) is 4. The molecule has 0 aliphatic heterocycles. The Morgan fingerprint density at radius 2 is 1.32 bits per heavy atom. The summed E-state index contributed by atoms with van der Waals surface area (Å²) in [7, 11) is 0. The van der Waals surface area contributed by atoms with Gasteiger partial charge < -0.3 is 25.2 Å². The van der Waals surface area contributed by atoms with Crippen molar-refractivity contribution in [2.45, 2.75) is 0 Å². The number of carbonyl (C=O) groups is 1. The molecule has 0 radical (unpaired) electrons. The molecule has 0 bridgehead atoms. The summed E-state index contributed by atoms with van der Waals surface area (Å²) in [4.78, 5) is 9.78. The zero-order valence-corrected chi connectivity index (χ0v) is 9.72. The van der Waals surface area contributed by atoms with E-state index in [-0.39, 0.29) is 23.0 Å². The lowest BCUT2D eigenvalue weighted by atomic mass is 10.3. The second-order valence-corrected chi connectivity index (χ2v) is 3.42. The van der Waals surface area contributed by atoms with Gasteiger partial charge >= 0.3 is 0 Å². The Morgan fingerprint density at radius 3 is 1.74 bits per heavy atom. The Hall–Kier alpha value is -2.89. The van der Waals surface area contributed by atoms with Crippen LogP contribution in [0.2, 0.25) is 0 Å². The molecule has 2 rings (SSSR count). The Bertz CT molecular complexity index is 502. The van der Waals surface area contributed by atoms with Gasteiger partial charge in [0.1, 0.15) is 28.7 Å². The summed E-state index contributed by atoms with van der Waals surface area (Å²) in [6.07, 6.45) is 0. The van der Waals surface area contributed by atoms with Crippen molar-refractivity contribution >= 4 is 6.47 Å². The van der Waals surface area contributed by atoms with Crippen LogP contribution >= 0.6 is 0 Å². The number of ether oxygens (including phenoxy) is 1. The van der Waals surface area contributed by atoms with Crippen LogP contribution in [0.15, 0.2) is 42.5 Å². The maximum Gasteiger partial charge on any atom is 0.298 e. The minimum absolute atomic E-state index is 0.0827. The maximum atomic E-state index is 9.78. The van der Waals surface area contributed by atoms with Gasteiger partial charge in [-0.2, -0.15) is 0 Å². The lowest BCUT2D eigenvalue weighted by Crippen LogP contribution is -1.86. The zero-order valence-electron chi connectivity index (χ0n) is 9.72. The highest BCUT2D eigenvalue weighted by atomic mass is 16.5. The van der Waals surface area contributed by atoms with Crippen molar-refractivity contribution in [2.75, 3.05) is 0 Å². The van der Waals surface area contributed by atoms with Crippen molar-refractivity contribution < 1.29 is 30.0 Å². The summed E-state index contributed by atoms with van der Waals surface area (Å²) < 4.78 is 4.45. The molecule has 0 unspecified atom stereocenters. The number of rotatable bonds is 2. The number of phenols is 4. The summed E-state index contributed by atoms with van der Waals surface area (Å²) in [6.45, 7) is 0.314. The predicted molar refractivity (Wildman–Crippen MR) is 66.2 cm³/mol. The third-order valence-corrected chi connectivity index (χ3v) is 1.89. The van der Waals surface area contributed by atoms with Gasteiger partial charge in [0.05, 0.1) is 0 Å². The van der Waals surface area contributed by atoms with E-state index in [1.165, 1.54) is 12.1 Å². The largest absolute Gasteiger partial charge is 0.508 e. The van der Waals surface area contributed by atoms with E-state index in [9.17, 15) is 4.79 Å². The lowest BCUT2D eigenvalue weighted by Gasteiger charge is -1.95. The highest BCUT2D eigenvalue weighted by Crippen LogP contribution is 2.23. The highest BCUT2D eigenvalue weighted by Gasteiger charge is 1.94. The lowest BCUT2D eigenvalue weighted by molar-refractivity contribution is -0.120. The van der Waals surface area contributed by atoms with Gasteiger partial charge in [-0.05, 0) is 12.1 Å². The van der Waals surface area contributed by atoms with E-state index in [0.717, 1.165) is 18.2 Å². The average Bonchev–Trinajstić information content (AvgIpc) is 2.28. The molecule has 19 heavy (non-hydrogen) atoms. The monoisotopic (exact) mass is 264 g/mol. The standard InChI is InChI=1S/C7H6O3.C6H6O3/c8-5-10-7-3-1-2-6(9)4-7;7-4-1-5(8)3-6(9)2-4/h1-5,9H;1-3,7-9H. The normalized spacial score (nSPS) is 9.05. The van der Waals surface area contributed by atoms with E-state index in [4.69, 9.17) is 20.4 Å². The van der Waals surface area contributed by atoms with Crippen LogP contribution < -0.4 is 4.74 Å². The molecule has 6 heteroatoms. The van der Waals surface area contributed by atoms with E-state index in [2.05, 4.69) is 4.74 Å². The number of hydrogen-bond acceptors (Lipinski definition) is 6. The van der Waals surface area contributed by atoms with Crippen molar-refractivity contribution in [3.05, 3.63) is 42.5 Å². The fourth-order valence-electron chi connectivity index (χ4n) is 1.19. The highest BCUT2D eigenvalue weighted by molar-refractivity contribution is 5.46. The molecular weight excluding hydrogens is 252 g/mol. The Morgan fingerprint density at radius 1 is 0.789 bits per heavy atom. The summed E-state index contributed by atoms with van der Waals surface area (Å²) in [5.74, 6) is -0.0122. The molecule has 6 nitrogen and oxygen atoms in total. The molecule has 0 spiro atoms. The van der Waals surface area contributed by atoms with Crippen LogP contribution in [0.4, 0.5) is 0 Å². The molecule has 0 fully saturated rings. The molecule has 100 valence electrons. The van der Waals surface area contributed by atoms with Gasteiger partial charge in [-0.3, -0.25) is 4.79 Å². The SMILES string of the molecule is O=COc1cccc(O)c1.Oc1cc(O)cc(O)c1. The summed E-state index contributed by atoms with van der Waals surface area (Å²) in [6, 6.07) is 9.44. The molecule has 4 N–H and O–H groups in total. The first-order valence-electron chi connectivity index (χ1n) is 5.12. The first-order chi connectivity index (χ1) is 9.01. The Kier molecular flexibility index (Phi) is 5.04. The smallest absolute Gasteiger partial charge is 0.298 e. The molecule has 0 aliphatic carbocycles. The average molecular weight is 264 g/mol. The van der Waals surface area contributed by atoms with E-state index >= 15 is 0 Å². The van der Waals surface area contributed by atoms with Gasteiger partial charge in [0.2, 0.25) is 0 Å². The molecule has 0 atom stereocenters. The van der Waals surface area contributed by atoms with Crippen LogP contribution in [0.5, 0.6) is 28.7 Å². The van der Waals surface area contributed by atoms with Crippen molar-refractivity contribution in [1.29, 1.82) is 0 Å². The molecule has 0 saturated heterocycles. The molecule has 0 amide bonds. The minimum Gasteiger partial charge on any atom is -0.508 e. The first kappa shape index (κ1) is 14.2. The molecule has 2 aromatic carbocycles. The van der Waals surface area contributed by atoms with Crippen molar-refractivity contribution in [1.82, 2.24) is 0 Å². The third kappa shape index (κ3) is 5.31. The minimum atomic E-state index is -0.146. The molecule has 0 aliphatic rings. The van der Waals surface area contributed by atoms with Crippen molar-refractivity contribution in [2.24, 2.45) is 0 Å². The fourth-order valence-corrected chi connectivity index (χ4v) is 1.19. The third-order valence-electron chi connectivity index (χ3n) is 1.89. The van der Waals surface area contributed by atoms with Crippen LogP contribution in [0.25, 0.3) is 0 Å². The molecule has 0 heterocycles. The number of aromatic hydroxyl groups is 4. The van der Waals surface area contributed by atoms with E-state index in [1.807, 2.05) is 0 Å². The van der Waals surface area contributed by atoms with Crippen LogP contribution in [0.1, 0.15) is 0 Å². The van der Waals surface area contributed by atoms with Gasteiger partial charge in [0.15, 0.2) is 0 Å². The van der Waals surface area contributed by atoms with Gasteiger partial charge in [0, 0.05) is 24.3 Å². The first-order valence-corrected chi connectivity index (χ1v) is 5.12.